The van der Waals surface area contributed by atoms with Crippen molar-refractivity contribution in [3.05, 3.63) is 29.3 Å². The molecule has 6 heteroatoms. The van der Waals surface area contributed by atoms with E-state index in [2.05, 4.69) is 16.0 Å². The number of aryl methyl sites for hydroxylation is 2. The average Bonchev–Trinajstić information content (AvgIpc) is 2.41. The summed E-state index contributed by atoms with van der Waals surface area (Å²) in [6.07, 6.45) is 0. The Hall–Kier alpha value is -2.37. The van der Waals surface area contributed by atoms with Crippen molar-refractivity contribution in [2.75, 3.05) is 11.9 Å². The van der Waals surface area contributed by atoms with Gasteiger partial charge >= 0.3 is 11.8 Å². The summed E-state index contributed by atoms with van der Waals surface area (Å²) in [6.45, 7) is 7.45. The highest BCUT2D eigenvalue weighted by Gasteiger charge is 2.20. The fraction of sp³-hybridized carbons (Fsp3) is 0.400. The molecule has 0 fully saturated rings. The van der Waals surface area contributed by atoms with E-state index in [1.165, 1.54) is 6.92 Å². The molecule has 1 rings (SSSR count). The molecule has 3 amide bonds. The van der Waals surface area contributed by atoms with Crippen LogP contribution >= 0.6 is 0 Å². The normalized spacial score (nSPS) is 11.4. The van der Waals surface area contributed by atoms with Gasteiger partial charge in [-0.3, -0.25) is 14.4 Å². The monoisotopic (exact) mass is 291 g/mol. The van der Waals surface area contributed by atoms with E-state index in [-0.39, 0.29) is 5.91 Å². The van der Waals surface area contributed by atoms with E-state index in [4.69, 9.17) is 0 Å². The zero-order chi connectivity index (χ0) is 16.0. The van der Waals surface area contributed by atoms with Crippen molar-refractivity contribution in [1.29, 1.82) is 0 Å². The van der Waals surface area contributed by atoms with Gasteiger partial charge in [0.2, 0.25) is 5.91 Å². The van der Waals surface area contributed by atoms with Crippen LogP contribution in [0.25, 0.3) is 0 Å². The molecule has 0 heterocycles. The maximum absolute atomic E-state index is 12.0. The molecule has 1 aromatic carbocycles. The Bertz CT molecular complexity index is 555. The Labute approximate surface area is 124 Å². The van der Waals surface area contributed by atoms with E-state index in [0.29, 0.717) is 12.2 Å². The van der Waals surface area contributed by atoms with Crippen LogP contribution in [0.2, 0.25) is 0 Å². The third-order valence-corrected chi connectivity index (χ3v) is 2.92. The second-order valence-corrected chi connectivity index (χ2v) is 4.86. The van der Waals surface area contributed by atoms with Crippen molar-refractivity contribution in [2.24, 2.45) is 0 Å². The molecule has 1 unspecified atom stereocenters. The van der Waals surface area contributed by atoms with E-state index in [0.717, 1.165) is 11.1 Å². The minimum atomic E-state index is -0.819. The van der Waals surface area contributed by atoms with Gasteiger partial charge in [0.25, 0.3) is 0 Å². The molecule has 0 spiro atoms. The summed E-state index contributed by atoms with van der Waals surface area (Å²) in [6, 6.07) is 4.84. The van der Waals surface area contributed by atoms with Crippen molar-refractivity contribution in [3.8, 4) is 0 Å². The lowest BCUT2D eigenvalue weighted by Crippen LogP contribution is -2.47. The molecule has 1 aromatic rings. The van der Waals surface area contributed by atoms with Crippen LogP contribution in [0.4, 0.5) is 5.69 Å². The Kier molecular flexibility index (Phi) is 5.90. The molecule has 6 nitrogen and oxygen atoms in total. The standard InChI is InChI=1S/C15H21N3O3/c1-5-16-14(20)15(21)17-11(4)13(19)18-12-7-6-9(2)8-10(12)3/h6-8,11H,5H2,1-4H3,(H,16,20)(H,17,21)(H,18,19). The number of hydrogen-bond acceptors (Lipinski definition) is 3. The highest BCUT2D eigenvalue weighted by atomic mass is 16.2. The molecule has 114 valence electrons. The van der Waals surface area contributed by atoms with E-state index < -0.39 is 17.9 Å². The average molecular weight is 291 g/mol. The van der Waals surface area contributed by atoms with Crippen molar-refractivity contribution in [3.63, 3.8) is 0 Å². The van der Waals surface area contributed by atoms with E-state index >= 15 is 0 Å². The first-order valence-corrected chi connectivity index (χ1v) is 6.82. The maximum Gasteiger partial charge on any atom is 0.309 e. The molecule has 0 saturated carbocycles. The predicted octanol–water partition coefficient (Wildman–Crippen LogP) is 0.883. The van der Waals surface area contributed by atoms with Gasteiger partial charge in [-0.15, -0.1) is 0 Å². The van der Waals surface area contributed by atoms with Gasteiger partial charge in [0.15, 0.2) is 0 Å². The van der Waals surface area contributed by atoms with Crippen LogP contribution in [0.1, 0.15) is 25.0 Å². The minimum absolute atomic E-state index is 0.357. The lowest BCUT2D eigenvalue weighted by molar-refractivity contribution is -0.140. The van der Waals surface area contributed by atoms with Gasteiger partial charge in [0.1, 0.15) is 6.04 Å². The second kappa shape index (κ2) is 7.42. The van der Waals surface area contributed by atoms with Crippen molar-refractivity contribution >= 4 is 23.4 Å². The molecule has 0 saturated heterocycles. The molecule has 0 aliphatic heterocycles. The highest BCUT2D eigenvalue weighted by molar-refractivity contribution is 6.35. The van der Waals surface area contributed by atoms with Gasteiger partial charge in [-0.2, -0.15) is 0 Å². The second-order valence-electron chi connectivity index (χ2n) is 4.86. The lowest BCUT2D eigenvalue weighted by atomic mass is 10.1. The molecule has 3 N–H and O–H groups in total. The molecule has 0 aliphatic rings. The van der Waals surface area contributed by atoms with E-state index in [9.17, 15) is 14.4 Å². The number of nitrogens with one attached hydrogen (secondary N) is 3. The third-order valence-electron chi connectivity index (χ3n) is 2.92. The van der Waals surface area contributed by atoms with Crippen molar-refractivity contribution < 1.29 is 14.4 Å². The third kappa shape index (κ3) is 4.91. The number of amides is 3. The molecule has 1 atom stereocenters. The number of rotatable bonds is 4. The molecular formula is C15H21N3O3. The quantitative estimate of drug-likeness (QED) is 0.720. The Balaban J connectivity index is 2.62. The molecular weight excluding hydrogens is 270 g/mol. The van der Waals surface area contributed by atoms with Gasteiger partial charge in [-0.1, -0.05) is 17.7 Å². The Morgan fingerprint density at radius 1 is 1.14 bits per heavy atom. The predicted molar refractivity (Wildman–Crippen MR) is 80.8 cm³/mol. The summed E-state index contributed by atoms with van der Waals surface area (Å²) in [7, 11) is 0. The summed E-state index contributed by atoms with van der Waals surface area (Å²) in [5, 5.41) is 7.45. The van der Waals surface area contributed by atoms with Gasteiger partial charge in [-0.25, -0.2) is 0 Å². The van der Waals surface area contributed by atoms with Crippen LogP contribution in [-0.4, -0.2) is 30.3 Å². The highest BCUT2D eigenvalue weighted by Crippen LogP contribution is 2.16. The van der Waals surface area contributed by atoms with Crippen LogP contribution in [0.15, 0.2) is 18.2 Å². The molecule has 21 heavy (non-hydrogen) atoms. The van der Waals surface area contributed by atoms with Gasteiger partial charge in [-0.05, 0) is 39.3 Å². The number of likely N-dealkylation sites (N-methyl/N-ethyl adjacent to an activating group) is 1. The van der Waals surface area contributed by atoms with Crippen LogP contribution in [0.5, 0.6) is 0 Å². The maximum atomic E-state index is 12.0. The summed E-state index contributed by atoms with van der Waals surface area (Å²) >= 11 is 0. The summed E-state index contributed by atoms with van der Waals surface area (Å²) < 4.78 is 0. The Morgan fingerprint density at radius 2 is 1.81 bits per heavy atom. The Morgan fingerprint density at radius 3 is 2.38 bits per heavy atom. The topological polar surface area (TPSA) is 87.3 Å². The lowest BCUT2D eigenvalue weighted by Gasteiger charge is -2.15. The zero-order valence-electron chi connectivity index (χ0n) is 12.7. The minimum Gasteiger partial charge on any atom is -0.348 e. The summed E-state index contributed by atoms with van der Waals surface area (Å²) in [5.74, 6) is -1.94. The largest absolute Gasteiger partial charge is 0.348 e. The fourth-order valence-electron chi connectivity index (χ4n) is 1.76. The summed E-state index contributed by atoms with van der Waals surface area (Å²) in [4.78, 5) is 34.8. The first kappa shape index (κ1) is 16.7. The number of hydrogen-bond donors (Lipinski definition) is 3. The summed E-state index contributed by atoms with van der Waals surface area (Å²) in [5.41, 5.74) is 2.72. The smallest absolute Gasteiger partial charge is 0.309 e. The first-order valence-electron chi connectivity index (χ1n) is 6.82. The van der Waals surface area contributed by atoms with Crippen LogP contribution in [-0.2, 0) is 14.4 Å². The first-order chi connectivity index (χ1) is 9.85. The van der Waals surface area contributed by atoms with Crippen LogP contribution < -0.4 is 16.0 Å². The van der Waals surface area contributed by atoms with Crippen molar-refractivity contribution in [2.45, 2.75) is 33.7 Å². The molecule has 0 radical (unpaired) electrons. The number of benzene rings is 1. The molecule has 0 aromatic heterocycles. The SMILES string of the molecule is CCNC(=O)C(=O)NC(C)C(=O)Nc1ccc(C)cc1C. The van der Waals surface area contributed by atoms with Gasteiger partial charge in [0.05, 0.1) is 0 Å². The van der Waals surface area contributed by atoms with Gasteiger partial charge in [0, 0.05) is 12.2 Å². The fourth-order valence-corrected chi connectivity index (χ4v) is 1.76. The number of carbonyl (C=O) groups is 3. The van der Waals surface area contributed by atoms with Crippen molar-refractivity contribution in [1.82, 2.24) is 10.6 Å². The number of anilines is 1. The molecule has 0 bridgehead atoms. The van der Waals surface area contributed by atoms with E-state index in [1.807, 2.05) is 26.0 Å². The zero-order valence-corrected chi connectivity index (χ0v) is 12.7. The van der Waals surface area contributed by atoms with Gasteiger partial charge < -0.3 is 16.0 Å². The van der Waals surface area contributed by atoms with Crippen LogP contribution in [0.3, 0.4) is 0 Å². The van der Waals surface area contributed by atoms with Crippen LogP contribution in [0, 0.1) is 13.8 Å². The number of carbonyl (C=O) groups excluding carboxylic acids is 3. The van der Waals surface area contributed by atoms with E-state index in [1.54, 1.807) is 13.0 Å². The molecule has 0 aliphatic carbocycles.